The monoisotopic (exact) mass is 387 g/mol. The molecule has 29 heavy (non-hydrogen) atoms. The second-order valence-electron chi connectivity index (χ2n) is 7.40. The number of amides is 1. The van der Waals surface area contributed by atoms with Gasteiger partial charge in [-0.2, -0.15) is 0 Å². The Morgan fingerprint density at radius 1 is 1.21 bits per heavy atom. The zero-order valence-electron chi connectivity index (χ0n) is 16.5. The van der Waals surface area contributed by atoms with Gasteiger partial charge in [0, 0.05) is 42.7 Å². The van der Waals surface area contributed by atoms with Crippen LogP contribution in [0.15, 0.2) is 30.6 Å². The molecule has 7 nitrogen and oxygen atoms in total. The molecule has 7 heteroatoms. The minimum atomic E-state index is -1.63. The van der Waals surface area contributed by atoms with E-state index in [4.69, 9.17) is 5.73 Å². The van der Waals surface area contributed by atoms with Crippen molar-refractivity contribution < 1.29 is 9.90 Å². The predicted octanol–water partition coefficient (Wildman–Crippen LogP) is 1.84. The minimum absolute atomic E-state index is 0.296. The van der Waals surface area contributed by atoms with E-state index in [9.17, 15) is 9.90 Å². The quantitative estimate of drug-likeness (QED) is 0.617. The van der Waals surface area contributed by atoms with Crippen LogP contribution in [0, 0.1) is 25.7 Å². The van der Waals surface area contributed by atoms with E-state index in [0.717, 1.165) is 22.1 Å². The smallest absolute Gasteiger partial charge is 0.267 e. The van der Waals surface area contributed by atoms with E-state index in [1.807, 2.05) is 32.0 Å². The van der Waals surface area contributed by atoms with Gasteiger partial charge in [0.15, 0.2) is 5.82 Å². The number of anilines is 1. The minimum Gasteiger partial charge on any atom is -0.383 e. The Morgan fingerprint density at radius 3 is 2.72 bits per heavy atom. The van der Waals surface area contributed by atoms with Crippen molar-refractivity contribution in [1.29, 1.82) is 0 Å². The van der Waals surface area contributed by atoms with Gasteiger partial charge < -0.3 is 15.7 Å². The number of hydrogen-bond acceptors (Lipinski definition) is 6. The molecule has 0 saturated carbocycles. The number of hydrogen-bond donors (Lipinski definition) is 2. The van der Waals surface area contributed by atoms with Gasteiger partial charge in [0.05, 0.1) is 11.7 Å². The molecule has 3 heterocycles. The highest BCUT2D eigenvalue weighted by Crippen LogP contribution is 2.27. The van der Waals surface area contributed by atoms with Gasteiger partial charge in [-0.1, -0.05) is 17.9 Å². The first kappa shape index (κ1) is 18.8. The average molecular weight is 387 g/mol. The van der Waals surface area contributed by atoms with Gasteiger partial charge in [-0.05, 0) is 37.1 Å². The van der Waals surface area contributed by atoms with Gasteiger partial charge in [-0.15, -0.1) is 0 Å². The first-order valence-corrected chi connectivity index (χ1v) is 9.28. The number of rotatable bonds is 1. The number of carbonyl (C=O) groups excluding carboxylic acids is 1. The molecule has 1 fully saturated rings. The lowest BCUT2D eigenvalue weighted by molar-refractivity contribution is -0.137. The molecule has 1 amide bonds. The number of carbonyl (C=O) groups is 1. The lowest BCUT2D eigenvalue weighted by Crippen LogP contribution is -2.37. The van der Waals surface area contributed by atoms with Gasteiger partial charge in [-0.3, -0.25) is 9.78 Å². The molecule has 0 radical (unpaired) electrons. The Hall–Kier alpha value is -3.50. The lowest BCUT2D eigenvalue weighted by atomic mass is 10.0. The second kappa shape index (κ2) is 6.83. The Labute approximate surface area is 168 Å². The number of nitrogen functional groups attached to an aromatic ring is 1. The first-order chi connectivity index (χ1) is 13.8. The number of aryl methyl sites for hydroxylation is 2. The summed E-state index contributed by atoms with van der Waals surface area (Å²) in [4.78, 5) is 26.9. The second-order valence-corrected chi connectivity index (χ2v) is 7.40. The van der Waals surface area contributed by atoms with Crippen LogP contribution in [0.2, 0.25) is 0 Å². The molecular weight excluding hydrogens is 366 g/mol. The highest BCUT2D eigenvalue weighted by Gasteiger charge is 2.42. The number of aromatic nitrogens is 3. The number of aliphatic hydroxyl groups is 1. The van der Waals surface area contributed by atoms with E-state index in [1.165, 1.54) is 4.90 Å². The molecule has 146 valence electrons. The van der Waals surface area contributed by atoms with Crippen molar-refractivity contribution in [3.8, 4) is 23.2 Å². The summed E-state index contributed by atoms with van der Waals surface area (Å²) in [6, 6.07) is 5.59. The number of nitrogens with zero attached hydrogens (tertiary/aromatic N) is 4. The summed E-state index contributed by atoms with van der Waals surface area (Å²) in [5.41, 5.74) is 8.56. The molecule has 1 aromatic carbocycles. The number of likely N-dealkylation sites (N-methyl/N-ethyl adjacent to an activating group) is 1. The summed E-state index contributed by atoms with van der Waals surface area (Å²) in [5, 5.41) is 11.3. The third-order valence-corrected chi connectivity index (χ3v) is 5.23. The van der Waals surface area contributed by atoms with E-state index in [0.29, 0.717) is 35.7 Å². The van der Waals surface area contributed by atoms with Crippen molar-refractivity contribution in [2.45, 2.75) is 25.9 Å². The van der Waals surface area contributed by atoms with Crippen molar-refractivity contribution in [3.63, 3.8) is 0 Å². The molecule has 1 aliphatic rings. The molecule has 0 aliphatic carbocycles. The zero-order chi connectivity index (χ0) is 20.8. The van der Waals surface area contributed by atoms with Crippen molar-refractivity contribution in [1.82, 2.24) is 19.9 Å². The van der Waals surface area contributed by atoms with E-state index < -0.39 is 5.60 Å². The third kappa shape index (κ3) is 3.28. The number of fused-ring (bicyclic) bond motifs is 1. The molecule has 3 N–H and O–H groups in total. The summed E-state index contributed by atoms with van der Waals surface area (Å²) < 4.78 is 0. The van der Waals surface area contributed by atoms with Crippen LogP contribution in [0.1, 0.15) is 23.1 Å². The number of likely N-dealkylation sites (tertiary alicyclic amines) is 1. The zero-order valence-corrected chi connectivity index (χ0v) is 16.5. The Bertz CT molecular complexity index is 1210. The molecule has 1 atom stereocenters. The molecule has 2 aromatic heterocycles. The molecule has 1 saturated heterocycles. The topological polar surface area (TPSA) is 105 Å². The maximum Gasteiger partial charge on any atom is 0.267 e. The molecule has 4 rings (SSSR count). The Kier molecular flexibility index (Phi) is 4.44. The van der Waals surface area contributed by atoms with Gasteiger partial charge in [0.2, 0.25) is 5.60 Å². The summed E-state index contributed by atoms with van der Waals surface area (Å²) in [6.07, 6.45) is 3.70. The standard InChI is InChI=1S/C22H21N5O2/c1-13-4-5-15(6-7-22(29)8-9-27(3)21(22)28)10-16(13)20-25-17-12-24-11-14(2)18(17)19(23)26-20/h4-5,10-12,29H,8-9H2,1-3H3,(H2,23,25,26)/t22-/m0/s1. The number of benzene rings is 1. The van der Waals surface area contributed by atoms with E-state index in [1.54, 1.807) is 19.4 Å². The Balaban J connectivity index is 1.77. The SMILES string of the molecule is Cc1ccc(C#C[C@]2(O)CCN(C)C2=O)cc1-c1nc(N)c2c(C)cncc2n1. The molecule has 0 spiro atoms. The summed E-state index contributed by atoms with van der Waals surface area (Å²) in [5.74, 6) is 6.18. The van der Waals surface area contributed by atoms with Crippen LogP contribution in [0.3, 0.4) is 0 Å². The van der Waals surface area contributed by atoms with Crippen LogP contribution >= 0.6 is 0 Å². The van der Waals surface area contributed by atoms with Crippen LogP contribution in [0.25, 0.3) is 22.3 Å². The molecular formula is C22H21N5O2. The fourth-order valence-corrected chi connectivity index (χ4v) is 3.48. The average Bonchev–Trinajstić information content (AvgIpc) is 2.95. The van der Waals surface area contributed by atoms with E-state index >= 15 is 0 Å². The van der Waals surface area contributed by atoms with E-state index in [-0.39, 0.29) is 5.91 Å². The number of nitrogens with two attached hydrogens (primary N) is 1. The fraction of sp³-hybridized carbons (Fsp3) is 0.273. The van der Waals surface area contributed by atoms with Gasteiger partial charge in [-0.25, -0.2) is 9.97 Å². The summed E-state index contributed by atoms with van der Waals surface area (Å²) in [6.45, 7) is 4.36. The van der Waals surface area contributed by atoms with Crippen LogP contribution in [-0.4, -0.2) is 50.1 Å². The third-order valence-electron chi connectivity index (χ3n) is 5.23. The normalized spacial score (nSPS) is 18.8. The molecule has 0 bridgehead atoms. The fourth-order valence-electron chi connectivity index (χ4n) is 3.48. The Morgan fingerprint density at radius 2 is 2.00 bits per heavy atom. The molecule has 3 aromatic rings. The highest BCUT2D eigenvalue weighted by molar-refractivity contribution is 5.92. The number of pyridine rings is 1. The van der Waals surface area contributed by atoms with Crippen LogP contribution < -0.4 is 5.73 Å². The summed E-state index contributed by atoms with van der Waals surface area (Å²) in [7, 11) is 1.66. The largest absolute Gasteiger partial charge is 0.383 e. The van der Waals surface area contributed by atoms with Gasteiger partial charge in [0.1, 0.15) is 5.82 Å². The van der Waals surface area contributed by atoms with Crippen molar-refractivity contribution in [2.24, 2.45) is 0 Å². The predicted molar refractivity (Wildman–Crippen MR) is 111 cm³/mol. The molecule has 0 unspecified atom stereocenters. The maximum atomic E-state index is 12.1. The molecule has 1 aliphatic heterocycles. The maximum absolute atomic E-state index is 12.1. The van der Waals surface area contributed by atoms with Crippen molar-refractivity contribution in [3.05, 3.63) is 47.3 Å². The van der Waals surface area contributed by atoms with Gasteiger partial charge in [0.25, 0.3) is 5.91 Å². The van der Waals surface area contributed by atoms with Crippen molar-refractivity contribution in [2.75, 3.05) is 19.3 Å². The van der Waals surface area contributed by atoms with Crippen LogP contribution in [0.4, 0.5) is 5.82 Å². The summed E-state index contributed by atoms with van der Waals surface area (Å²) >= 11 is 0. The highest BCUT2D eigenvalue weighted by atomic mass is 16.3. The first-order valence-electron chi connectivity index (χ1n) is 9.28. The van der Waals surface area contributed by atoms with Crippen LogP contribution in [-0.2, 0) is 4.79 Å². The lowest BCUT2D eigenvalue weighted by Gasteiger charge is -2.13. The van der Waals surface area contributed by atoms with E-state index in [2.05, 4.69) is 26.8 Å². The van der Waals surface area contributed by atoms with Gasteiger partial charge >= 0.3 is 0 Å². The van der Waals surface area contributed by atoms with Crippen LogP contribution in [0.5, 0.6) is 0 Å². The van der Waals surface area contributed by atoms with Crippen molar-refractivity contribution >= 4 is 22.6 Å².